The molecule has 16 heavy (non-hydrogen) atoms. The van der Waals surface area contributed by atoms with E-state index in [1.165, 1.54) is 0 Å². The van der Waals surface area contributed by atoms with Crippen molar-refractivity contribution in [1.82, 2.24) is 5.32 Å². The second-order valence-electron chi connectivity index (χ2n) is 4.48. The van der Waals surface area contributed by atoms with Gasteiger partial charge in [-0.3, -0.25) is 4.79 Å². The molecule has 1 unspecified atom stereocenters. The predicted molar refractivity (Wildman–Crippen MR) is 67.8 cm³/mol. The van der Waals surface area contributed by atoms with E-state index in [4.69, 9.17) is 11.6 Å². The lowest BCUT2D eigenvalue weighted by Crippen LogP contribution is -2.41. The first-order valence-electron chi connectivity index (χ1n) is 5.42. The molecule has 0 saturated carbocycles. The van der Waals surface area contributed by atoms with Gasteiger partial charge in [0.1, 0.15) is 0 Å². The monoisotopic (exact) mass is 239 g/mol. The zero-order valence-electron chi connectivity index (χ0n) is 9.96. The molecular formula is C13H18ClNO. The number of hydrogen-bond acceptors (Lipinski definition) is 1. The maximum absolute atomic E-state index is 12.0. The minimum atomic E-state index is -0.521. The molecular weight excluding hydrogens is 222 g/mol. The van der Waals surface area contributed by atoms with Crippen LogP contribution >= 0.6 is 11.6 Å². The number of carbonyl (C=O) groups excluding carboxylic acids is 1. The summed E-state index contributed by atoms with van der Waals surface area (Å²) in [5.41, 5.74) is 0.488. The van der Waals surface area contributed by atoms with Gasteiger partial charge in [0.15, 0.2) is 0 Å². The quantitative estimate of drug-likeness (QED) is 0.805. The van der Waals surface area contributed by atoms with Crippen LogP contribution < -0.4 is 5.32 Å². The molecule has 0 aromatic heterocycles. The van der Waals surface area contributed by atoms with Gasteiger partial charge in [0.2, 0.25) is 5.91 Å². The largest absolute Gasteiger partial charge is 0.354 e. The Labute approximate surface area is 102 Å². The molecule has 1 rings (SSSR count). The van der Waals surface area contributed by atoms with Gasteiger partial charge in [-0.05, 0) is 26.3 Å². The van der Waals surface area contributed by atoms with E-state index in [1.54, 1.807) is 0 Å². The fourth-order valence-electron chi connectivity index (χ4n) is 1.44. The number of nitrogens with one attached hydrogen (secondary N) is 1. The van der Waals surface area contributed by atoms with Crippen LogP contribution in [0, 0.1) is 0 Å². The van der Waals surface area contributed by atoms with Crippen molar-refractivity contribution in [2.45, 2.75) is 31.6 Å². The molecule has 2 nitrogen and oxygen atoms in total. The van der Waals surface area contributed by atoms with E-state index in [2.05, 4.69) is 5.32 Å². The first kappa shape index (κ1) is 13.0. The Kier molecular flexibility index (Phi) is 4.36. The number of carbonyl (C=O) groups is 1. The molecule has 1 aromatic carbocycles. The summed E-state index contributed by atoms with van der Waals surface area (Å²) in [6, 6.07) is 9.74. The third-order valence-electron chi connectivity index (χ3n) is 2.61. The molecule has 0 saturated heterocycles. The maximum Gasteiger partial charge on any atom is 0.230 e. The topological polar surface area (TPSA) is 29.1 Å². The molecule has 0 radical (unpaired) electrons. The average molecular weight is 240 g/mol. The second kappa shape index (κ2) is 5.35. The first-order valence-corrected chi connectivity index (χ1v) is 5.86. The van der Waals surface area contributed by atoms with E-state index >= 15 is 0 Å². The van der Waals surface area contributed by atoms with Crippen LogP contribution in [0.15, 0.2) is 30.3 Å². The molecule has 88 valence electrons. The predicted octanol–water partition coefficient (Wildman–Crippen LogP) is 2.71. The molecule has 0 aliphatic heterocycles. The lowest BCUT2D eigenvalue weighted by molar-refractivity contribution is -0.125. The average Bonchev–Trinajstić information content (AvgIpc) is 2.27. The van der Waals surface area contributed by atoms with E-state index < -0.39 is 5.41 Å². The van der Waals surface area contributed by atoms with Crippen molar-refractivity contribution in [3.63, 3.8) is 0 Å². The van der Waals surface area contributed by atoms with Crippen LogP contribution in [-0.4, -0.2) is 17.8 Å². The summed E-state index contributed by atoms with van der Waals surface area (Å²) in [7, 11) is 0. The molecule has 3 heteroatoms. The molecule has 0 spiro atoms. The van der Waals surface area contributed by atoms with Gasteiger partial charge in [-0.25, -0.2) is 0 Å². The van der Waals surface area contributed by atoms with E-state index in [0.717, 1.165) is 5.56 Å². The van der Waals surface area contributed by atoms with Crippen molar-refractivity contribution in [1.29, 1.82) is 0 Å². The fraction of sp³-hybridized carbons (Fsp3) is 0.462. The smallest absolute Gasteiger partial charge is 0.230 e. The van der Waals surface area contributed by atoms with Crippen molar-refractivity contribution in [3.05, 3.63) is 35.9 Å². The normalized spacial score (nSPS) is 13.2. The van der Waals surface area contributed by atoms with Crippen LogP contribution in [0.25, 0.3) is 0 Å². The SMILES string of the molecule is CC(Cl)CNC(=O)C(C)(C)c1ccccc1. The zero-order valence-corrected chi connectivity index (χ0v) is 10.7. The minimum Gasteiger partial charge on any atom is -0.354 e. The van der Waals surface area contributed by atoms with Gasteiger partial charge in [-0.2, -0.15) is 0 Å². The molecule has 1 atom stereocenters. The number of amides is 1. The molecule has 0 aliphatic carbocycles. The molecule has 0 bridgehead atoms. The summed E-state index contributed by atoms with van der Waals surface area (Å²) in [5.74, 6) is 0.00574. The Hall–Kier alpha value is -1.02. The summed E-state index contributed by atoms with van der Waals surface area (Å²) in [6.07, 6.45) is 0. The summed E-state index contributed by atoms with van der Waals surface area (Å²) in [5, 5.41) is 2.80. The number of benzene rings is 1. The van der Waals surface area contributed by atoms with E-state index in [9.17, 15) is 4.79 Å². The van der Waals surface area contributed by atoms with Crippen molar-refractivity contribution < 1.29 is 4.79 Å². The van der Waals surface area contributed by atoms with Gasteiger partial charge in [0, 0.05) is 11.9 Å². The fourth-order valence-corrected chi connectivity index (χ4v) is 1.52. The van der Waals surface area contributed by atoms with E-state index in [1.807, 2.05) is 51.1 Å². The standard InChI is InChI=1S/C13H18ClNO/c1-10(14)9-15-12(16)13(2,3)11-7-5-4-6-8-11/h4-8,10H,9H2,1-3H3,(H,15,16). The third-order valence-corrected chi connectivity index (χ3v) is 2.76. The summed E-state index contributed by atoms with van der Waals surface area (Å²) in [4.78, 5) is 12.0. The first-order chi connectivity index (χ1) is 7.44. The minimum absolute atomic E-state index is 0.00574. The molecule has 1 N–H and O–H groups in total. The van der Waals surface area contributed by atoms with Gasteiger partial charge >= 0.3 is 0 Å². The third kappa shape index (κ3) is 3.24. The number of hydrogen-bond donors (Lipinski definition) is 1. The number of rotatable bonds is 4. The van der Waals surface area contributed by atoms with Crippen LogP contribution in [-0.2, 0) is 10.2 Å². The highest BCUT2D eigenvalue weighted by molar-refractivity contribution is 6.20. The highest BCUT2D eigenvalue weighted by atomic mass is 35.5. The molecule has 0 fully saturated rings. The van der Waals surface area contributed by atoms with Crippen molar-refractivity contribution in [3.8, 4) is 0 Å². The Morgan fingerprint density at radius 1 is 1.38 bits per heavy atom. The van der Waals surface area contributed by atoms with Crippen LogP contribution in [0.4, 0.5) is 0 Å². The zero-order chi connectivity index (χ0) is 12.2. The van der Waals surface area contributed by atoms with Crippen molar-refractivity contribution >= 4 is 17.5 Å². The van der Waals surface area contributed by atoms with Gasteiger partial charge in [-0.15, -0.1) is 11.6 Å². The number of halogens is 1. The van der Waals surface area contributed by atoms with Crippen LogP contribution in [0.3, 0.4) is 0 Å². The molecule has 0 heterocycles. The van der Waals surface area contributed by atoms with E-state index in [0.29, 0.717) is 6.54 Å². The Bertz CT molecular complexity index is 346. The van der Waals surface area contributed by atoms with Gasteiger partial charge in [0.05, 0.1) is 5.41 Å². The lowest BCUT2D eigenvalue weighted by Gasteiger charge is -2.24. The van der Waals surface area contributed by atoms with Crippen molar-refractivity contribution in [2.24, 2.45) is 0 Å². The van der Waals surface area contributed by atoms with Gasteiger partial charge < -0.3 is 5.32 Å². The summed E-state index contributed by atoms with van der Waals surface area (Å²) < 4.78 is 0. The second-order valence-corrected chi connectivity index (χ2v) is 5.23. The maximum atomic E-state index is 12.0. The van der Waals surface area contributed by atoms with E-state index in [-0.39, 0.29) is 11.3 Å². The Balaban J connectivity index is 2.74. The Morgan fingerprint density at radius 2 is 1.94 bits per heavy atom. The number of alkyl halides is 1. The summed E-state index contributed by atoms with van der Waals surface area (Å²) in [6.45, 7) is 6.18. The lowest BCUT2D eigenvalue weighted by atomic mass is 9.84. The molecule has 1 aromatic rings. The Morgan fingerprint density at radius 3 is 2.44 bits per heavy atom. The molecule has 0 aliphatic rings. The highest BCUT2D eigenvalue weighted by Gasteiger charge is 2.29. The van der Waals surface area contributed by atoms with Gasteiger partial charge in [-0.1, -0.05) is 30.3 Å². The highest BCUT2D eigenvalue weighted by Crippen LogP contribution is 2.22. The van der Waals surface area contributed by atoms with Crippen LogP contribution in [0.5, 0.6) is 0 Å². The summed E-state index contributed by atoms with van der Waals surface area (Å²) >= 11 is 5.80. The van der Waals surface area contributed by atoms with Crippen LogP contribution in [0.2, 0.25) is 0 Å². The van der Waals surface area contributed by atoms with Crippen LogP contribution in [0.1, 0.15) is 26.3 Å². The van der Waals surface area contributed by atoms with Crippen molar-refractivity contribution in [2.75, 3.05) is 6.54 Å². The van der Waals surface area contributed by atoms with Gasteiger partial charge in [0.25, 0.3) is 0 Å². The molecule has 1 amide bonds.